The van der Waals surface area contributed by atoms with E-state index in [0.29, 0.717) is 15.9 Å². The highest BCUT2D eigenvalue weighted by Gasteiger charge is 2.31. The summed E-state index contributed by atoms with van der Waals surface area (Å²) in [5, 5.41) is 3.19. The molecule has 0 spiro atoms. The summed E-state index contributed by atoms with van der Waals surface area (Å²) < 4.78 is 27.6. The van der Waals surface area contributed by atoms with Gasteiger partial charge in [-0.2, -0.15) is 4.31 Å². The van der Waals surface area contributed by atoms with E-state index in [1.165, 1.54) is 4.31 Å². The SMILES string of the molecule is CN(C)c1ccc(Br)c(S(=O)(=O)N(C)C2CCNC2)c1.Cl. The maximum Gasteiger partial charge on any atom is 0.244 e. The summed E-state index contributed by atoms with van der Waals surface area (Å²) in [5.74, 6) is 0. The standard InChI is InChI=1S/C13H20BrN3O2S.ClH/c1-16(2)10-4-5-12(14)13(8-10)20(18,19)17(3)11-6-7-15-9-11;/h4-5,8,11,15H,6-7,9H2,1-3H3;1H. The van der Waals surface area contributed by atoms with Gasteiger partial charge in [-0.1, -0.05) is 0 Å². The van der Waals surface area contributed by atoms with Gasteiger partial charge in [0.05, 0.1) is 4.90 Å². The number of nitrogens with one attached hydrogen (secondary N) is 1. The smallest absolute Gasteiger partial charge is 0.244 e. The molecule has 0 aromatic heterocycles. The minimum absolute atomic E-state index is 0. The second kappa shape index (κ2) is 7.28. The summed E-state index contributed by atoms with van der Waals surface area (Å²) in [6.07, 6.45) is 0.848. The van der Waals surface area contributed by atoms with Crippen molar-refractivity contribution in [3.63, 3.8) is 0 Å². The molecule has 1 N–H and O–H groups in total. The summed E-state index contributed by atoms with van der Waals surface area (Å²) in [7, 11) is 1.95. The zero-order valence-electron chi connectivity index (χ0n) is 12.3. The molecule has 1 atom stereocenters. The molecule has 0 aliphatic carbocycles. The molecule has 1 aromatic carbocycles. The largest absolute Gasteiger partial charge is 0.378 e. The third-order valence-corrected chi connectivity index (χ3v) is 6.54. The zero-order valence-corrected chi connectivity index (χ0v) is 15.6. The fourth-order valence-corrected chi connectivity index (χ4v) is 4.60. The minimum atomic E-state index is -3.49. The molecule has 0 radical (unpaired) electrons. The summed E-state index contributed by atoms with van der Waals surface area (Å²) in [6.45, 7) is 1.57. The highest BCUT2D eigenvalue weighted by Crippen LogP contribution is 2.30. The van der Waals surface area contributed by atoms with Gasteiger partial charge >= 0.3 is 0 Å². The van der Waals surface area contributed by atoms with E-state index in [1.54, 1.807) is 19.2 Å². The molecular weight excluding hydrogens is 378 g/mol. The maximum absolute atomic E-state index is 12.8. The van der Waals surface area contributed by atoms with Gasteiger partial charge in [-0.15, -0.1) is 12.4 Å². The average Bonchev–Trinajstić information content (AvgIpc) is 2.91. The maximum atomic E-state index is 12.8. The van der Waals surface area contributed by atoms with Crippen LogP contribution < -0.4 is 10.2 Å². The first-order valence-corrected chi connectivity index (χ1v) is 8.73. The van der Waals surface area contributed by atoms with E-state index in [2.05, 4.69) is 21.2 Å². The van der Waals surface area contributed by atoms with E-state index in [0.717, 1.165) is 18.7 Å². The molecule has 1 heterocycles. The third-order valence-electron chi connectivity index (χ3n) is 3.64. The second-order valence-corrected chi connectivity index (χ2v) is 8.00. The molecule has 120 valence electrons. The fourth-order valence-electron chi connectivity index (χ4n) is 2.27. The number of rotatable bonds is 4. The third kappa shape index (κ3) is 3.90. The molecule has 1 aliphatic rings. The lowest BCUT2D eigenvalue weighted by Crippen LogP contribution is -2.38. The Morgan fingerprint density at radius 2 is 1.95 bits per heavy atom. The average molecular weight is 399 g/mol. The first-order chi connectivity index (χ1) is 9.34. The Morgan fingerprint density at radius 3 is 2.48 bits per heavy atom. The lowest BCUT2D eigenvalue weighted by Gasteiger charge is -2.24. The molecule has 1 aliphatic heterocycles. The van der Waals surface area contributed by atoms with E-state index in [4.69, 9.17) is 0 Å². The van der Waals surface area contributed by atoms with Crippen molar-refractivity contribution in [2.75, 3.05) is 39.1 Å². The first-order valence-electron chi connectivity index (χ1n) is 6.49. The van der Waals surface area contributed by atoms with Crippen molar-refractivity contribution in [2.45, 2.75) is 17.4 Å². The van der Waals surface area contributed by atoms with Gasteiger partial charge in [0, 0.05) is 43.9 Å². The van der Waals surface area contributed by atoms with Crippen molar-refractivity contribution in [1.82, 2.24) is 9.62 Å². The van der Waals surface area contributed by atoms with Gasteiger partial charge in [0.15, 0.2) is 0 Å². The number of sulfonamides is 1. The Hall–Kier alpha value is -0.340. The van der Waals surface area contributed by atoms with Crippen LogP contribution in [0, 0.1) is 0 Å². The van der Waals surface area contributed by atoms with Gasteiger partial charge < -0.3 is 10.2 Å². The summed E-state index contributed by atoms with van der Waals surface area (Å²) >= 11 is 3.35. The van der Waals surface area contributed by atoms with Crippen LogP contribution in [0.3, 0.4) is 0 Å². The van der Waals surface area contributed by atoms with Crippen LogP contribution in [-0.4, -0.2) is 53.0 Å². The van der Waals surface area contributed by atoms with Crippen molar-refractivity contribution >= 4 is 44.0 Å². The highest BCUT2D eigenvalue weighted by molar-refractivity contribution is 9.10. The number of likely N-dealkylation sites (N-methyl/N-ethyl adjacent to an activating group) is 1. The second-order valence-electron chi connectivity index (χ2n) is 5.18. The number of halogens is 2. The minimum Gasteiger partial charge on any atom is -0.378 e. The summed E-state index contributed by atoms with van der Waals surface area (Å²) in [4.78, 5) is 2.21. The van der Waals surface area contributed by atoms with Crippen LogP contribution in [0.25, 0.3) is 0 Å². The number of hydrogen-bond donors (Lipinski definition) is 1. The topological polar surface area (TPSA) is 52.7 Å². The van der Waals surface area contributed by atoms with Gasteiger partial charge in [0.1, 0.15) is 0 Å². The molecule has 1 aromatic rings. The van der Waals surface area contributed by atoms with Crippen LogP contribution in [0.5, 0.6) is 0 Å². The zero-order chi connectivity index (χ0) is 14.9. The van der Waals surface area contributed by atoms with Crippen LogP contribution >= 0.6 is 28.3 Å². The van der Waals surface area contributed by atoms with Crippen molar-refractivity contribution in [2.24, 2.45) is 0 Å². The molecule has 0 bridgehead atoms. The predicted molar refractivity (Wildman–Crippen MR) is 91.9 cm³/mol. The molecule has 1 unspecified atom stereocenters. The Labute approximate surface area is 141 Å². The van der Waals surface area contributed by atoms with Crippen molar-refractivity contribution in [1.29, 1.82) is 0 Å². The molecular formula is C13H21BrClN3O2S. The number of benzene rings is 1. The van der Waals surface area contributed by atoms with E-state index in [9.17, 15) is 8.42 Å². The molecule has 1 fully saturated rings. The van der Waals surface area contributed by atoms with Crippen LogP contribution in [0.1, 0.15) is 6.42 Å². The normalized spacial score (nSPS) is 18.6. The molecule has 2 rings (SSSR count). The lowest BCUT2D eigenvalue weighted by atomic mass is 10.3. The Bertz CT molecular complexity index is 589. The quantitative estimate of drug-likeness (QED) is 0.842. The molecule has 1 saturated heterocycles. The van der Waals surface area contributed by atoms with Crippen LogP contribution in [0.2, 0.25) is 0 Å². The summed E-state index contributed by atoms with van der Waals surface area (Å²) in [5.41, 5.74) is 0.865. The van der Waals surface area contributed by atoms with E-state index in [-0.39, 0.29) is 18.4 Å². The van der Waals surface area contributed by atoms with Gasteiger partial charge in [-0.25, -0.2) is 8.42 Å². The first kappa shape index (κ1) is 18.7. The number of hydrogen-bond acceptors (Lipinski definition) is 4. The molecule has 5 nitrogen and oxygen atoms in total. The van der Waals surface area contributed by atoms with Gasteiger partial charge in [0.25, 0.3) is 0 Å². The number of nitrogens with zero attached hydrogens (tertiary/aromatic N) is 2. The lowest BCUT2D eigenvalue weighted by molar-refractivity contribution is 0.387. The van der Waals surface area contributed by atoms with E-state index >= 15 is 0 Å². The van der Waals surface area contributed by atoms with Gasteiger partial charge in [0.2, 0.25) is 10.0 Å². The Balaban J connectivity index is 0.00000220. The molecule has 21 heavy (non-hydrogen) atoms. The monoisotopic (exact) mass is 397 g/mol. The van der Waals surface area contributed by atoms with Crippen LogP contribution in [-0.2, 0) is 10.0 Å². The van der Waals surface area contributed by atoms with E-state index in [1.807, 2.05) is 25.1 Å². The predicted octanol–water partition coefficient (Wildman–Crippen LogP) is 1.92. The fraction of sp³-hybridized carbons (Fsp3) is 0.538. The van der Waals surface area contributed by atoms with Crippen LogP contribution in [0.15, 0.2) is 27.6 Å². The molecule has 8 heteroatoms. The van der Waals surface area contributed by atoms with Gasteiger partial charge in [-0.05, 0) is 47.1 Å². The van der Waals surface area contributed by atoms with E-state index < -0.39 is 10.0 Å². The molecule has 0 saturated carbocycles. The van der Waals surface area contributed by atoms with Crippen molar-refractivity contribution in [3.05, 3.63) is 22.7 Å². The Kier molecular flexibility index (Phi) is 6.49. The number of anilines is 1. The Morgan fingerprint density at radius 1 is 1.29 bits per heavy atom. The van der Waals surface area contributed by atoms with Gasteiger partial charge in [-0.3, -0.25) is 0 Å². The van der Waals surface area contributed by atoms with Crippen molar-refractivity contribution < 1.29 is 8.42 Å². The van der Waals surface area contributed by atoms with Crippen molar-refractivity contribution in [3.8, 4) is 0 Å². The highest BCUT2D eigenvalue weighted by atomic mass is 79.9. The summed E-state index contributed by atoms with van der Waals surface area (Å²) in [6, 6.07) is 5.40. The molecule has 0 amide bonds. The van der Waals surface area contributed by atoms with Crippen LogP contribution in [0.4, 0.5) is 5.69 Å².